The molecule has 1 N–H and O–H groups in total. The minimum Gasteiger partial charge on any atom is -0.497 e. The molecule has 3 nitrogen and oxygen atoms in total. The fraction of sp³-hybridized carbons (Fsp3) is 0.400. The van der Waals surface area contributed by atoms with Gasteiger partial charge in [0.05, 0.1) is 7.11 Å². The van der Waals surface area contributed by atoms with Gasteiger partial charge in [0.1, 0.15) is 5.75 Å². The van der Waals surface area contributed by atoms with E-state index >= 15 is 0 Å². The standard InChI is InChI=1S/C20H25NO2S/c1-23-18-9-7-17(8-10-18)20(13-3-4-14-20)21-15-16-5-11-19(12-6-16)24(2)22/h5-12,21H,3-4,13-15H2,1-2H3/t24-/m1/s1. The van der Waals surface area contributed by atoms with Gasteiger partial charge in [-0.25, -0.2) is 0 Å². The Hall–Kier alpha value is -1.65. The molecule has 128 valence electrons. The Labute approximate surface area is 146 Å². The van der Waals surface area contributed by atoms with E-state index in [1.807, 2.05) is 24.3 Å². The molecule has 2 aromatic carbocycles. The second kappa shape index (κ2) is 7.49. The van der Waals surface area contributed by atoms with Crippen LogP contribution in [0.25, 0.3) is 0 Å². The molecule has 0 aromatic heterocycles. The van der Waals surface area contributed by atoms with Gasteiger partial charge in [0.2, 0.25) is 0 Å². The Kier molecular flexibility index (Phi) is 5.36. The Morgan fingerprint density at radius 3 is 2.21 bits per heavy atom. The van der Waals surface area contributed by atoms with Crippen molar-refractivity contribution in [3.63, 3.8) is 0 Å². The zero-order valence-corrected chi connectivity index (χ0v) is 15.2. The van der Waals surface area contributed by atoms with Crippen molar-refractivity contribution in [1.82, 2.24) is 5.32 Å². The highest BCUT2D eigenvalue weighted by Gasteiger charge is 2.34. The predicted octanol–water partition coefficient (Wildman–Crippen LogP) is 3.99. The summed E-state index contributed by atoms with van der Waals surface area (Å²) in [4.78, 5) is 0.879. The normalized spacial score (nSPS) is 17.6. The van der Waals surface area contributed by atoms with Crippen LogP contribution in [-0.4, -0.2) is 17.6 Å². The molecule has 1 aliphatic carbocycles. The highest BCUT2D eigenvalue weighted by Crippen LogP contribution is 2.39. The maximum atomic E-state index is 11.5. The summed E-state index contributed by atoms with van der Waals surface area (Å²) in [5, 5.41) is 3.80. The lowest BCUT2D eigenvalue weighted by atomic mass is 9.88. The number of methoxy groups -OCH3 is 1. The lowest BCUT2D eigenvalue weighted by molar-refractivity contribution is 0.338. The van der Waals surface area contributed by atoms with E-state index in [4.69, 9.17) is 4.74 Å². The number of nitrogens with one attached hydrogen (secondary N) is 1. The minimum absolute atomic E-state index is 0.0541. The molecule has 0 bridgehead atoms. The maximum absolute atomic E-state index is 11.5. The van der Waals surface area contributed by atoms with Gasteiger partial charge in [0, 0.05) is 34.0 Å². The molecule has 0 unspecified atom stereocenters. The summed E-state index contributed by atoms with van der Waals surface area (Å²) >= 11 is 0. The molecule has 1 aliphatic rings. The molecule has 1 saturated carbocycles. The molecule has 1 atom stereocenters. The van der Waals surface area contributed by atoms with E-state index < -0.39 is 10.8 Å². The first-order valence-corrected chi connectivity index (χ1v) is 10.0. The molecular formula is C20H25NO2S. The van der Waals surface area contributed by atoms with Gasteiger partial charge in [0.15, 0.2) is 0 Å². The summed E-state index contributed by atoms with van der Waals surface area (Å²) < 4.78 is 16.8. The Bertz CT molecular complexity index is 689. The molecule has 4 heteroatoms. The summed E-state index contributed by atoms with van der Waals surface area (Å²) in [6.45, 7) is 0.822. The molecule has 0 heterocycles. The highest BCUT2D eigenvalue weighted by molar-refractivity contribution is 7.84. The molecule has 0 saturated heterocycles. The van der Waals surface area contributed by atoms with Gasteiger partial charge in [-0.1, -0.05) is 37.1 Å². The number of rotatable bonds is 6. The van der Waals surface area contributed by atoms with Crippen LogP contribution in [0, 0.1) is 0 Å². The van der Waals surface area contributed by atoms with E-state index in [1.165, 1.54) is 24.0 Å². The van der Waals surface area contributed by atoms with E-state index in [-0.39, 0.29) is 5.54 Å². The van der Waals surface area contributed by atoms with E-state index in [9.17, 15) is 4.21 Å². The van der Waals surface area contributed by atoms with Crippen LogP contribution in [0.2, 0.25) is 0 Å². The first-order valence-electron chi connectivity index (χ1n) is 8.45. The van der Waals surface area contributed by atoms with Crippen molar-refractivity contribution in [2.24, 2.45) is 0 Å². The van der Waals surface area contributed by atoms with E-state index in [2.05, 4.69) is 29.6 Å². The summed E-state index contributed by atoms with van der Waals surface area (Å²) in [6, 6.07) is 16.5. The van der Waals surface area contributed by atoms with Crippen LogP contribution in [0.15, 0.2) is 53.4 Å². The van der Waals surface area contributed by atoms with Crippen LogP contribution < -0.4 is 10.1 Å². The van der Waals surface area contributed by atoms with Gasteiger partial charge in [-0.05, 0) is 48.2 Å². The van der Waals surface area contributed by atoms with Crippen LogP contribution in [0.4, 0.5) is 0 Å². The van der Waals surface area contributed by atoms with Crippen molar-refractivity contribution in [1.29, 1.82) is 0 Å². The maximum Gasteiger partial charge on any atom is 0.118 e. The first-order chi connectivity index (χ1) is 11.6. The van der Waals surface area contributed by atoms with Crippen molar-refractivity contribution < 1.29 is 8.95 Å². The molecule has 0 radical (unpaired) electrons. The van der Waals surface area contributed by atoms with Crippen LogP contribution in [0.1, 0.15) is 36.8 Å². The van der Waals surface area contributed by atoms with Gasteiger partial charge in [-0.2, -0.15) is 0 Å². The summed E-state index contributed by atoms with van der Waals surface area (Å²) in [5.74, 6) is 0.898. The lowest BCUT2D eigenvalue weighted by Crippen LogP contribution is -2.39. The monoisotopic (exact) mass is 343 g/mol. The fourth-order valence-corrected chi connectivity index (χ4v) is 4.05. The number of ether oxygens (including phenoxy) is 1. The second-order valence-corrected chi connectivity index (χ2v) is 7.85. The average molecular weight is 343 g/mol. The first kappa shape index (κ1) is 17.2. The van der Waals surface area contributed by atoms with Gasteiger partial charge >= 0.3 is 0 Å². The zero-order valence-electron chi connectivity index (χ0n) is 14.4. The van der Waals surface area contributed by atoms with Crippen molar-refractivity contribution >= 4 is 10.8 Å². The average Bonchev–Trinajstić information content (AvgIpc) is 3.10. The smallest absolute Gasteiger partial charge is 0.118 e. The topological polar surface area (TPSA) is 38.3 Å². The quantitative estimate of drug-likeness (QED) is 0.862. The molecule has 0 amide bonds. The van der Waals surface area contributed by atoms with Gasteiger partial charge in [0.25, 0.3) is 0 Å². The molecular weight excluding hydrogens is 318 g/mol. The number of benzene rings is 2. The lowest BCUT2D eigenvalue weighted by Gasteiger charge is -2.31. The van der Waals surface area contributed by atoms with Gasteiger partial charge in [-0.15, -0.1) is 0 Å². The number of hydrogen-bond donors (Lipinski definition) is 1. The third-order valence-electron chi connectivity index (χ3n) is 4.99. The largest absolute Gasteiger partial charge is 0.497 e. The predicted molar refractivity (Wildman–Crippen MR) is 98.8 cm³/mol. The van der Waals surface area contributed by atoms with Crippen LogP contribution >= 0.6 is 0 Å². The second-order valence-electron chi connectivity index (χ2n) is 6.47. The summed E-state index contributed by atoms with van der Waals surface area (Å²) in [5.41, 5.74) is 2.62. The molecule has 0 aliphatic heterocycles. The molecule has 24 heavy (non-hydrogen) atoms. The van der Waals surface area contributed by atoms with Crippen LogP contribution in [0.3, 0.4) is 0 Å². The SMILES string of the molecule is COc1ccc(C2(NCc3ccc([S@@](C)=O)cc3)CCCC2)cc1. The van der Waals surface area contributed by atoms with Crippen LogP contribution in [0.5, 0.6) is 5.75 Å². The van der Waals surface area contributed by atoms with E-state index in [1.54, 1.807) is 13.4 Å². The molecule has 1 fully saturated rings. The molecule has 2 aromatic rings. The minimum atomic E-state index is -0.917. The van der Waals surface area contributed by atoms with Crippen molar-refractivity contribution in [3.8, 4) is 5.75 Å². The van der Waals surface area contributed by atoms with E-state index in [0.717, 1.165) is 30.0 Å². The number of hydrogen-bond acceptors (Lipinski definition) is 3. The Balaban J connectivity index is 1.74. The summed E-state index contributed by atoms with van der Waals surface area (Å²) in [6.07, 6.45) is 6.55. The molecule has 0 spiro atoms. The highest BCUT2D eigenvalue weighted by atomic mass is 32.2. The van der Waals surface area contributed by atoms with Gasteiger partial charge < -0.3 is 10.1 Å². The summed E-state index contributed by atoms with van der Waals surface area (Å²) in [7, 11) is 0.783. The van der Waals surface area contributed by atoms with Crippen LogP contribution in [-0.2, 0) is 22.9 Å². The van der Waals surface area contributed by atoms with Crippen molar-refractivity contribution in [3.05, 3.63) is 59.7 Å². The van der Waals surface area contributed by atoms with Crippen molar-refractivity contribution in [2.75, 3.05) is 13.4 Å². The zero-order chi connectivity index (χ0) is 17.0. The Morgan fingerprint density at radius 1 is 1.04 bits per heavy atom. The third-order valence-corrected chi connectivity index (χ3v) is 5.92. The van der Waals surface area contributed by atoms with E-state index in [0.29, 0.717) is 0 Å². The molecule has 3 rings (SSSR count). The van der Waals surface area contributed by atoms with Gasteiger partial charge in [-0.3, -0.25) is 4.21 Å². The third kappa shape index (κ3) is 3.70. The fourth-order valence-electron chi connectivity index (χ4n) is 3.53. The Morgan fingerprint density at radius 2 is 1.67 bits per heavy atom. The van der Waals surface area contributed by atoms with Crippen molar-refractivity contribution in [2.45, 2.75) is 42.7 Å².